The van der Waals surface area contributed by atoms with Gasteiger partial charge < -0.3 is 26.0 Å². The second-order valence-corrected chi connectivity index (χ2v) is 7.55. The Balaban J connectivity index is 1.76. The first kappa shape index (κ1) is 23.1. The Bertz CT molecular complexity index is 952. The van der Waals surface area contributed by atoms with Crippen molar-refractivity contribution in [3.05, 3.63) is 60.2 Å². The average Bonchev–Trinajstić information content (AvgIpc) is 3.23. The minimum Gasteiger partial charge on any atom is -0.481 e. The van der Waals surface area contributed by atoms with E-state index in [0.29, 0.717) is 11.4 Å². The van der Waals surface area contributed by atoms with E-state index in [0.717, 1.165) is 5.56 Å². The molecule has 2 aromatic carbocycles. The van der Waals surface area contributed by atoms with Crippen LogP contribution in [0, 0.1) is 6.92 Å². The summed E-state index contributed by atoms with van der Waals surface area (Å²) in [5.74, 6) is -0.300. The van der Waals surface area contributed by atoms with Crippen molar-refractivity contribution in [2.75, 3.05) is 31.5 Å². The van der Waals surface area contributed by atoms with E-state index in [1.807, 2.05) is 43.3 Å². The van der Waals surface area contributed by atoms with Crippen molar-refractivity contribution in [3.8, 4) is 5.75 Å². The Kier molecular flexibility index (Phi) is 7.67. The van der Waals surface area contributed by atoms with E-state index in [1.165, 1.54) is 9.80 Å². The standard InChI is InChI=1S/C23H29N5O4/c1-16-7-6-8-18(15-16)26-23(31)28-14-13-27(21(28)20(29)25-12-11-24)22(30)17(2)32-19-9-4-3-5-10-19/h3-10,15,17,21H,11-14,24H2,1-2H3,(H,25,29)(H,26,31). The molecule has 0 saturated carbocycles. The first-order valence-electron chi connectivity index (χ1n) is 10.5. The molecule has 0 spiro atoms. The Hall–Kier alpha value is -3.59. The fourth-order valence-electron chi connectivity index (χ4n) is 3.55. The van der Waals surface area contributed by atoms with E-state index in [-0.39, 0.29) is 32.1 Å². The fourth-order valence-corrected chi connectivity index (χ4v) is 3.55. The number of nitrogens with zero attached hydrogens (tertiary/aromatic N) is 2. The lowest BCUT2D eigenvalue weighted by atomic mass is 10.2. The number of carbonyl (C=O) groups excluding carboxylic acids is 3. The third kappa shape index (κ3) is 5.55. The molecule has 0 radical (unpaired) electrons. The van der Waals surface area contributed by atoms with Crippen LogP contribution in [0.1, 0.15) is 12.5 Å². The highest BCUT2D eigenvalue weighted by atomic mass is 16.5. The van der Waals surface area contributed by atoms with Gasteiger partial charge in [-0.25, -0.2) is 4.79 Å². The molecule has 2 aromatic rings. The van der Waals surface area contributed by atoms with Crippen molar-refractivity contribution in [2.45, 2.75) is 26.1 Å². The molecule has 3 rings (SSSR count). The molecule has 1 fully saturated rings. The van der Waals surface area contributed by atoms with Gasteiger partial charge in [-0.1, -0.05) is 30.3 Å². The Morgan fingerprint density at radius 2 is 1.81 bits per heavy atom. The molecule has 1 heterocycles. The molecule has 1 saturated heterocycles. The van der Waals surface area contributed by atoms with Crippen LogP contribution in [0.2, 0.25) is 0 Å². The van der Waals surface area contributed by atoms with Crippen LogP contribution in [-0.4, -0.2) is 66.1 Å². The van der Waals surface area contributed by atoms with E-state index in [4.69, 9.17) is 10.5 Å². The molecule has 170 valence electrons. The molecule has 0 aromatic heterocycles. The number of hydrogen-bond donors (Lipinski definition) is 3. The first-order chi connectivity index (χ1) is 15.4. The summed E-state index contributed by atoms with van der Waals surface area (Å²) < 4.78 is 5.74. The first-order valence-corrected chi connectivity index (χ1v) is 10.5. The van der Waals surface area contributed by atoms with E-state index in [2.05, 4.69) is 10.6 Å². The zero-order valence-electron chi connectivity index (χ0n) is 18.3. The highest BCUT2D eigenvalue weighted by Gasteiger charge is 2.44. The number of hydrogen-bond acceptors (Lipinski definition) is 5. The summed E-state index contributed by atoms with van der Waals surface area (Å²) >= 11 is 0. The number of benzene rings is 2. The van der Waals surface area contributed by atoms with Gasteiger partial charge in [0.05, 0.1) is 0 Å². The minimum absolute atomic E-state index is 0.210. The summed E-state index contributed by atoms with van der Waals surface area (Å²) in [4.78, 5) is 41.7. The van der Waals surface area contributed by atoms with Gasteiger partial charge in [0.25, 0.3) is 11.8 Å². The summed E-state index contributed by atoms with van der Waals surface area (Å²) in [6.07, 6.45) is -1.93. The van der Waals surface area contributed by atoms with Crippen LogP contribution in [0.5, 0.6) is 5.75 Å². The molecule has 32 heavy (non-hydrogen) atoms. The topological polar surface area (TPSA) is 117 Å². The van der Waals surface area contributed by atoms with Gasteiger partial charge in [0, 0.05) is 31.9 Å². The number of urea groups is 1. The number of carbonyl (C=O) groups is 3. The SMILES string of the molecule is Cc1cccc(NC(=O)N2CCN(C(=O)C(C)Oc3ccccc3)C2C(=O)NCCN)c1. The Morgan fingerprint density at radius 3 is 2.50 bits per heavy atom. The van der Waals surface area contributed by atoms with Crippen molar-refractivity contribution >= 4 is 23.5 Å². The molecule has 9 heteroatoms. The Morgan fingerprint density at radius 1 is 1.09 bits per heavy atom. The van der Waals surface area contributed by atoms with Crippen LogP contribution in [0.3, 0.4) is 0 Å². The van der Waals surface area contributed by atoms with E-state index in [1.54, 1.807) is 25.1 Å². The molecule has 2 unspecified atom stereocenters. The second kappa shape index (κ2) is 10.6. The molecule has 1 aliphatic rings. The monoisotopic (exact) mass is 439 g/mol. The van der Waals surface area contributed by atoms with Crippen molar-refractivity contribution in [2.24, 2.45) is 5.73 Å². The summed E-state index contributed by atoms with van der Waals surface area (Å²) in [7, 11) is 0. The molecule has 1 aliphatic heterocycles. The number of aryl methyl sites for hydroxylation is 1. The number of nitrogens with one attached hydrogen (secondary N) is 2. The summed E-state index contributed by atoms with van der Waals surface area (Å²) in [5, 5.41) is 5.49. The van der Waals surface area contributed by atoms with Gasteiger partial charge in [-0.2, -0.15) is 0 Å². The van der Waals surface area contributed by atoms with Gasteiger partial charge in [-0.15, -0.1) is 0 Å². The third-order valence-corrected chi connectivity index (χ3v) is 5.07. The maximum atomic E-state index is 13.1. The molecule has 0 aliphatic carbocycles. The normalized spacial score (nSPS) is 16.4. The highest BCUT2D eigenvalue weighted by Crippen LogP contribution is 2.21. The van der Waals surface area contributed by atoms with Crippen LogP contribution >= 0.6 is 0 Å². The van der Waals surface area contributed by atoms with E-state index in [9.17, 15) is 14.4 Å². The van der Waals surface area contributed by atoms with Crippen LogP contribution in [-0.2, 0) is 9.59 Å². The lowest BCUT2D eigenvalue weighted by Gasteiger charge is -2.30. The number of ether oxygens (including phenoxy) is 1. The van der Waals surface area contributed by atoms with Crippen molar-refractivity contribution in [3.63, 3.8) is 0 Å². The van der Waals surface area contributed by atoms with Gasteiger partial charge in [0.15, 0.2) is 12.3 Å². The van der Waals surface area contributed by atoms with Gasteiger partial charge >= 0.3 is 6.03 Å². The van der Waals surface area contributed by atoms with Crippen molar-refractivity contribution in [1.29, 1.82) is 0 Å². The average molecular weight is 440 g/mol. The number of nitrogens with two attached hydrogens (primary N) is 1. The quantitative estimate of drug-likeness (QED) is 0.605. The smallest absolute Gasteiger partial charge is 0.323 e. The summed E-state index contributed by atoms with van der Waals surface area (Å²) in [6, 6.07) is 15.9. The minimum atomic E-state index is -1.10. The summed E-state index contributed by atoms with van der Waals surface area (Å²) in [5.41, 5.74) is 7.11. The van der Waals surface area contributed by atoms with Crippen LogP contribution in [0.25, 0.3) is 0 Å². The van der Waals surface area contributed by atoms with E-state index < -0.39 is 24.2 Å². The van der Waals surface area contributed by atoms with Crippen LogP contribution in [0.4, 0.5) is 10.5 Å². The largest absolute Gasteiger partial charge is 0.481 e. The van der Waals surface area contributed by atoms with Crippen molar-refractivity contribution in [1.82, 2.24) is 15.1 Å². The van der Waals surface area contributed by atoms with Gasteiger partial charge in [-0.3, -0.25) is 14.5 Å². The lowest BCUT2D eigenvalue weighted by molar-refractivity contribution is -0.145. The maximum absolute atomic E-state index is 13.1. The van der Waals surface area contributed by atoms with Gasteiger partial charge in [0.2, 0.25) is 0 Å². The van der Waals surface area contributed by atoms with Gasteiger partial charge in [0.1, 0.15) is 5.75 Å². The number of para-hydroxylation sites is 1. The highest BCUT2D eigenvalue weighted by molar-refractivity contribution is 5.96. The zero-order valence-corrected chi connectivity index (χ0v) is 18.3. The van der Waals surface area contributed by atoms with Crippen LogP contribution < -0.4 is 21.1 Å². The van der Waals surface area contributed by atoms with Gasteiger partial charge in [-0.05, 0) is 43.7 Å². The van der Waals surface area contributed by atoms with Crippen LogP contribution in [0.15, 0.2) is 54.6 Å². The molecule has 9 nitrogen and oxygen atoms in total. The molecular weight excluding hydrogens is 410 g/mol. The molecule has 4 amide bonds. The predicted octanol–water partition coefficient (Wildman–Crippen LogP) is 1.54. The molecule has 0 bridgehead atoms. The zero-order chi connectivity index (χ0) is 23.1. The number of rotatable bonds is 7. The maximum Gasteiger partial charge on any atom is 0.323 e. The number of amides is 4. The van der Waals surface area contributed by atoms with E-state index >= 15 is 0 Å². The second-order valence-electron chi connectivity index (χ2n) is 7.55. The Labute approximate surface area is 187 Å². The predicted molar refractivity (Wildman–Crippen MR) is 121 cm³/mol. The molecule has 4 N–H and O–H groups in total. The fraction of sp³-hybridized carbons (Fsp3) is 0.348. The molecule has 2 atom stereocenters. The lowest BCUT2D eigenvalue weighted by Crippen LogP contribution is -2.56. The molecular formula is C23H29N5O4. The summed E-state index contributed by atoms with van der Waals surface area (Å²) in [6.45, 7) is 4.45. The number of anilines is 1. The van der Waals surface area contributed by atoms with Crippen molar-refractivity contribution < 1.29 is 19.1 Å². The third-order valence-electron chi connectivity index (χ3n) is 5.07.